The van der Waals surface area contributed by atoms with E-state index in [9.17, 15) is 19.2 Å². The summed E-state index contributed by atoms with van der Waals surface area (Å²) in [6.45, 7) is 1.28. The Bertz CT molecular complexity index is 1290. The average Bonchev–Trinajstić information content (AvgIpc) is 3.27. The summed E-state index contributed by atoms with van der Waals surface area (Å²) in [5.41, 5.74) is 0.524. The van der Waals surface area contributed by atoms with Crippen LogP contribution in [0.25, 0.3) is 0 Å². The maximum absolute atomic E-state index is 13.6. The predicted octanol–water partition coefficient (Wildman–Crippen LogP) is 3.52. The zero-order valence-corrected chi connectivity index (χ0v) is 19.2. The van der Waals surface area contributed by atoms with Crippen LogP contribution in [0.1, 0.15) is 17.3 Å². The van der Waals surface area contributed by atoms with Gasteiger partial charge in [0, 0.05) is 23.7 Å². The Balaban J connectivity index is 1.53. The van der Waals surface area contributed by atoms with E-state index in [-0.39, 0.29) is 16.5 Å². The summed E-state index contributed by atoms with van der Waals surface area (Å²) < 4.78 is 5.02. The van der Waals surface area contributed by atoms with Gasteiger partial charge in [0.15, 0.2) is 5.78 Å². The molecule has 8 nitrogen and oxygen atoms in total. The SMILES string of the molecule is CC(=O)Oc1ccc(C(=O)C2C3C(=O)N(c4ccc(Cl)cc4Cl)C(=O)C3C3C=CC=NN32)cc1. The minimum atomic E-state index is -0.997. The fraction of sp³-hybridized carbons (Fsp3) is 0.208. The third-order valence-corrected chi connectivity index (χ3v) is 6.65. The minimum absolute atomic E-state index is 0.159. The first kappa shape index (κ1) is 22.3. The van der Waals surface area contributed by atoms with Crippen molar-refractivity contribution in [1.29, 1.82) is 0 Å². The molecule has 0 spiro atoms. The third kappa shape index (κ3) is 3.50. The molecule has 34 heavy (non-hydrogen) atoms. The summed E-state index contributed by atoms with van der Waals surface area (Å²) >= 11 is 12.3. The summed E-state index contributed by atoms with van der Waals surface area (Å²) in [5, 5.41) is 6.37. The summed E-state index contributed by atoms with van der Waals surface area (Å²) in [4.78, 5) is 52.9. The number of halogens is 2. The van der Waals surface area contributed by atoms with E-state index in [4.69, 9.17) is 27.9 Å². The summed E-state index contributed by atoms with van der Waals surface area (Å²) in [5.74, 6) is -3.29. The molecule has 2 fully saturated rings. The van der Waals surface area contributed by atoms with E-state index in [0.717, 1.165) is 4.90 Å². The maximum atomic E-state index is 13.6. The number of ketones is 1. The van der Waals surface area contributed by atoms with Gasteiger partial charge in [-0.2, -0.15) is 5.10 Å². The molecular weight excluding hydrogens is 481 g/mol. The first-order chi connectivity index (χ1) is 16.3. The van der Waals surface area contributed by atoms with E-state index in [1.807, 2.05) is 0 Å². The van der Waals surface area contributed by atoms with Crippen molar-refractivity contribution in [2.75, 3.05) is 4.90 Å². The number of nitrogens with zero attached hydrogens (tertiary/aromatic N) is 3. The van der Waals surface area contributed by atoms with Crippen LogP contribution in [0.2, 0.25) is 10.0 Å². The van der Waals surface area contributed by atoms with Crippen LogP contribution in [0, 0.1) is 11.8 Å². The topological polar surface area (TPSA) is 96.3 Å². The van der Waals surface area contributed by atoms with Crippen molar-refractivity contribution in [2.24, 2.45) is 16.9 Å². The molecular formula is C24H17Cl2N3O5. The molecule has 2 aromatic carbocycles. The molecule has 0 aromatic heterocycles. The van der Waals surface area contributed by atoms with Crippen molar-refractivity contribution in [3.05, 3.63) is 70.2 Å². The van der Waals surface area contributed by atoms with Crippen molar-refractivity contribution in [2.45, 2.75) is 19.0 Å². The van der Waals surface area contributed by atoms with E-state index in [1.165, 1.54) is 54.5 Å². The van der Waals surface area contributed by atoms with Crippen LogP contribution in [0.5, 0.6) is 5.75 Å². The molecule has 2 saturated heterocycles. The summed E-state index contributed by atoms with van der Waals surface area (Å²) in [6.07, 6.45) is 4.97. The van der Waals surface area contributed by atoms with Crippen molar-refractivity contribution in [3.63, 3.8) is 0 Å². The lowest BCUT2D eigenvalue weighted by molar-refractivity contribution is -0.132. The van der Waals surface area contributed by atoms with E-state index in [1.54, 1.807) is 18.2 Å². The number of amides is 2. The van der Waals surface area contributed by atoms with Crippen LogP contribution >= 0.6 is 23.2 Å². The number of esters is 1. The molecule has 0 bridgehead atoms. The van der Waals surface area contributed by atoms with Gasteiger partial charge in [0.25, 0.3) is 0 Å². The molecule has 4 atom stereocenters. The van der Waals surface area contributed by atoms with Gasteiger partial charge in [-0.15, -0.1) is 0 Å². The number of ether oxygens (including phenoxy) is 1. The number of anilines is 1. The van der Waals surface area contributed by atoms with Crippen LogP contribution < -0.4 is 9.64 Å². The molecule has 3 heterocycles. The lowest BCUT2D eigenvalue weighted by atomic mass is 9.86. The highest BCUT2D eigenvalue weighted by molar-refractivity contribution is 6.38. The minimum Gasteiger partial charge on any atom is -0.427 e. The zero-order valence-electron chi connectivity index (χ0n) is 17.7. The zero-order chi connectivity index (χ0) is 24.1. The van der Waals surface area contributed by atoms with Gasteiger partial charge in [-0.05, 0) is 48.5 Å². The molecule has 2 aromatic rings. The van der Waals surface area contributed by atoms with Gasteiger partial charge in [0.1, 0.15) is 11.8 Å². The number of rotatable bonds is 4. The van der Waals surface area contributed by atoms with Crippen LogP contribution in [0.15, 0.2) is 59.7 Å². The standard InChI is InChI=1S/C24H17Cl2N3O5/c1-12(30)34-15-7-4-13(5-8-15)22(31)21-20-19(18-3-2-10-27-29(18)21)23(32)28(24(20)33)17-9-6-14(25)11-16(17)26/h2-11,18-21H,1H3. The maximum Gasteiger partial charge on any atom is 0.308 e. The highest BCUT2D eigenvalue weighted by atomic mass is 35.5. The lowest BCUT2D eigenvalue weighted by Gasteiger charge is -2.30. The van der Waals surface area contributed by atoms with E-state index < -0.39 is 41.7 Å². The number of Topliss-reactive ketones (excluding diaryl/α,β-unsaturated/α-hetero) is 1. The Morgan fingerprint density at radius 2 is 1.71 bits per heavy atom. The first-order valence-corrected chi connectivity index (χ1v) is 11.2. The van der Waals surface area contributed by atoms with Crippen molar-refractivity contribution < 1.29 is 23.9 Å². The lowest BCUT2D eigenvalue weighted by Crippen LogP contribution is -2.46. The van der Waals surface area contributed by atoms with Crippen LogP contribution in [0.3, 0.4) is 0 Å². The summed E-state index contributed by atoms with van der Waals surface area (Å²) in [7, 11) is 0. The molecule has 0 aliphatic carbocycles. The fourth-order valence-electron chi connectivity index (χ4n) is 4.76. The number of carbonyl (C=O) groups excluding carboxylic acids is 4. The molecule has 5 rings (SSSR count). The number of hydrogen-bond acceptors (Lipinski definition) is 7. The number of imide groups is 1. The Labute approximate surface area is 204 Å². The van der Waals surface area contributed by atoms with Crippen LogP contribution in [-0.4, -0.2) is 46.9 Å². The quantitative estimate of drug-likeness (QED) is 0.277. The van der Waals surface area contributed by atoms with Gasteiger partial charge in [-0.3, -0.25) is 24.2 Å². The molecule has 2 amide bonds. The van der Waals surface area contributed by atoms with E-state index in [2.05, 4.69) is 5.10 Å². The van der Waals surface area contributed by atoms with Gasteiger partial charge >= 0.3 is 5.97 Å². The number of hydrogen-bond donors (Lipinski definition) is 0. The Morgan fingerprint density at radius 3 is 2.38 bits per heavy atom. The average molecular weight is 498 g/mol. The van der Waals surface area contributed by atoms with Gasteiger partial charge in [0.2, 0.25) is 11.8 Å². The number of carbonyl (C=O) groups is 4. The number of benzene rings is 2. The molecule has 3 aliphatic rings. The molecule has 4 unspecified atom stereocenters. The molecule has 10 heteroatoms. The van der Waals surface area contributed by atoms with Crippen LogP contribution in [0.4, 0.5) is 5.69 Å². The van der Waals surface area contributed by atoms with Crippen molar-refractivity contribution in [3.8, 4) is 5.75 Å². The van der Waals surface area contributed by atoms with Gasteiger partial charge in [-0.1, -0.05) is 29.3 Å². The van der Waals surface area contributed by atoms with Crippen molar-refractivity contribution >= 4 is 58.7 Å². The van der Waals surface area contributed by atoms with Gasteiger partial charge < -0.3 is 4.74 Å². The summed E-state index contributed by atoms with van der Waals surface area (Å²) in [6, 6.07) is 8.99. The number of hydrazone groups is 1. The molecule has 0 saturated carbocycles. The second kappa shape index (κ2) is 8.38. The van der Waals surface area contributed by atoms with Crippen molar-refractivity contribution in [1.82, 2.24) is 5.01 Å². The third-order valence-electron chi connectivity index (χ3n) is 6.11. The van der Waals surface area contributed by atoms with Gasteiger partial charge in [0.05, 0.1) is 28.6 Å². The Morgan fingerprint density at radius 1 is 1.00 bits per heavy atom. The monoisotopic (exact) mass is 497 g/mol. The Hall–Kier alpha value is -3.49. The second-order valence-corrected chi connectivity index (χ2v) is 8.95. The van der Waals surface area contributed by atoms with E-state index >= 15 is 0 Å². The largest absolute Gasteiger partial charge is 0.427 e. The predicted molar refractivity (Wildman–Crippen MR) is 125 cm³/mol. The normalized spacial score (nSPS) is 24.9. The van der Waals surface area contributed by atoms with Crippen LogP contribution in [-0.2, 0) is 14.4 Å². The highest BCUT2D eigenvalue weighted by Gasteiger charge is 2.64. The first-order valence-electron chi connectivity index (χ1n) is 10.4. The second-order valence-electron chi connectivity index (χ2n) is 8.11. The number of fused-ring (bicyclic) bond motifs is 3. The fourth-order valence-corrected chi connectivity index (χ4v) is 5.25. The molecule has 0 N–H and O–H groups in total. The van der Waals surface area contributed by atoms with Gasteiger partial charge in [-0.25, -0.2) is 4.90 Å². The highest BCUT2D eigenvalue weighted by Crippen LogP contribution is 2.47. The van der Waals surface area contributed by atoms with E-state index in [0.29, 0.717) is 16.3 Å². The molecule has 3 aliphatic heterocycles. The smallest absolute Gasteiger partial charge is 0.308 e. The molecule has 0 radical (unpaired) electrons. The Kier molecular flexibility index (Phi) is 5.50. The number of allylic oxidation sites excluding steroid dienone is 1. The molecule has 172 valence electrons.